The van der Waals surface area contributed by atoms with E-state index in [9.17, 15) is 4.79 Å². The Morgan fingerprint density at radius 2 is 2.25 bits per heavy atom. The first kappa shape index (κ1) is 14.2. The summed E-state index contributed by atoms with van der Waals surface area (Å²) in [6, 6.07) is 13.1. The van der Waals surface area contributed by atoms with Crippen molar-refractivity contribution in [1.29, 1.82) is 0 Å². The van der Waals surface area contributed by atoms with Crippen LogP contribution in [-0.4, -0.2) is 36.6 Å². The zero-order chi connectivity index (χ0) is 14.4. The van der Waals surface area contributed by atoms with E-state index in [0.717, 1.165) is 16.7 Å². The molecule has 2 rings (SSSR count). The molecule has 1 aromatic carbocycles. The average molecular weight is 269 g/mol. The number of benzene rings is 1. The third-order valence-electron chi connectivity index (χ3n) is 2.94. The minimum absolute atomic E-state index is 0.231. The molecular formula is C16H17N2O2. The van der Waals surface area contributed by atoms with Crippen LogP contribution in [0.3, 0.4) is 0 Å². The van der Waals surface area contributed by atoms with Gasteiger partial charge in [0.2, 0.25) is 0 Å². The van der Waals surface area contributed by atoms with Gasteiger partial charge in [-0.15, -0.1) is 0 Å². The molecule has 0 bridgehead atoms. The van der Waals surface area contributed by atoms with E-state index in [2.05, 4.69) is 21.9 Å². The third kappa shape index (κ3) is 3.90. The number of carbonyl (C=O) groups is 1. The lowest BCUT2D eigenvalue weighted by Gasteiger charge is -2.15. The number of nitrogens with zero attached hydrogens (tertiary/aromatic N) is 2. The lowest BCUT2D eigenvalue weighted by molar-refractivity contribution is -0.141. The molecule has 0 atom stereocenters. The van der Waals surface area contributed by atoms with E-state index in [4.69, 9.17) is 0 Å². The number of pyridine rings is 1. The van der Waals surface area contributed by atoms with Crippen molar-refractivity contribution in [3.05, 3.63) is 54.4 Å². The zero-order valence-corrected chi connectivity index (χ0v) is 11.7. The largest absolute Gasteiger partial charge is 0.468 e. The predicted molar refractivity (Wildman–Crippen MR) is 76.9 cm³/mol. The molecule has 0 fully saturated rings. The Balaban J connectivity index is 2.09. The number of hydrogen-bond acceptors (Lipinski definition) is 4. The molecule has 20 heavy (non-hydrogen) atoms. The summed E-state index contributed by atoms with van der Waals surface area (Å²) in [6.45, 7) is 0.967. The molecule has 1 radical (unpaired) electrons. The highest BCUT2D eigenvalue weighted by molar-refractivity contribution is 5.71. The van der Waals surface area contributed by atoms with E-state index in [-0.39, 0.29) is 12.5 Å². The van der Waals surface area contributed by atoms with Crippen LogP contribution in [0, 0.1) is 6.07 Å². The first-order valence-electron chi connectivity index (χ1n) is 6.35. The molecule has 0 amide bonds. The van der Waals surface area contributed by atoms with Gasteiger partial charge in [0.15, 0.2) is 0 Å². The van der Waals surface area contributed by atoms with Gasteiger partial charge in [0.1, 0.15) is 0 Å². The topological polar surface area (TPSA) is 42.4 Å². The molecule has 4 heteroatoms. The van der Waals surface area contributed by atoms with Crippen molar-refractivity contribution in [3.8, 4) is 11.1 Å². The van der Waals surface area contributed by atoms with Gasteiger partial charge in [-0.2, -0.15) is 0 Å². The third-order valence-corrected chi connectivity index (χ3v) is 2.94. The van der Waals surface area contributed by atoms with Crippen molar-refractivity contribution in [2.75, 3.05) is 20.7 Å². The van der Waals surface area contributed by atoms with Crippen molar-refractivity contribution in [1.82, 2.24) is 9.88 Å². The van der Waals surface area contributed by atoms with Gasteiger partial charge < -0.3 is 4.74 Å². The SMILES string of the molecule is COC(=O)CN(C)Cc1cccc(-c2c[c]cnc2)c1. The molecule has 0 aliphatic heterocycles. The Labute approximate surface area is 119 Å². The minimum atomic E-state index is -0.231. The van der Waals surface area contributed by atoms with Gasteiger partial charge in [0.05, 0.1) is 13.7 Å². The summed E-state index contributed by atoms with van der Waals surface area (Å²) < 4.78 is 4.66. The normalized spacial score (nSPS) is 10.6. The molecule has 1 heterocycles. The highest BCUT2D eigenvalue weighted by atomic mass is 16.5. The van der Waals surface area contributed by atoms with E-state index in [1.165, 1.54) is 7.11 Å². The highest BCUT2D eigenvalue weighted by Crippen LogP contribution is 2.19. The van der Waals surface area contributed by atoms with Gasteiger partial charge in [-0.3, -0.25) is 14.7 Å². The lowest BCUT2D eigenvalue weighted by atomic mass is 10.0. The smallest absolute Gasteiger partial charge is 0.319 e. The van der Waals surface area contributed by atoms with Crippen LogP contribution < -0.4 is 0 Å². The molecule has 0 saturated heterocycles. The van der Waals surface area contributed by atoms with Crippen LogP contribution in [0.2, 0.25) is 0 Å². The van der Waals surface area contributed by atoms with Crippen LogP contribution in [0.15, 0.2) is 42.7 Å². The van der Waals surface area contributed by atoms with Crippen molar-refractivity contribution in [2.45, 2.75) is 6.54 Å². The number of likely N-dealkylation sites (N-methyl/N-ethyl adjacent to an activating group) is 1. The summed E-state index contributed by atoms with van der Waals surface area (Å²) in [5.74, 6) is -0.231. The first-order chi connectivity index (χ1) is 9.69. The molecule has 0 N–H and O–H groups in total. The van der Waals surface area contributed by atoms with Gasteiger partial charge in [-0.25, -0.2) is 0 Å². The Morgan fingerprint density at radius 1 is 1.40 bits per heavy atom. The van der Waals surface area contributed by atoms with Crippen LogP contribution in [0.5, 0.6) is 0 Å². The summed E-state index contributed by atoms with van der Waals surface area (Å²) >= 11 is 0. The quantitative estimate of drug-likeness (QED) is 0.780. The maximum atomic E-state index is 11.2. The molecule has 1 aromatic heterocycles. The fourth-order valence-corrected chi connectivity index (χ4v) is 1.98. The van der Waals surface area contributed by atoms with Crippen molar-refractivity contribution in [3.63, 3.8) is 0 Å². The molecular weight excluding hydrogens is 252 g/mol. The van der Waals surface area contributed by atoms with Gasteiger partial charge in [-0.1, -0.05) is 18.2 Å². The van der Waals surface area contributed by atoms with Gasteiger partial charge in [-0.05, 0) is 30.3 Å². The monoisotopic (exact) mass is 269 g/mol. The molecule has 2 aromatic rings. The van der Waals surface area contributed by atoms with Gasteiger partial charge >= 0.3 is 5.97 Å². The first-order valence-corrected chi connectivity index (χ1v) is 6.35. The zero-order valence-electron chi connectivity index (χ0n) is 11.7. The Hall–Kier alpha value is -2.20. The fourth-order valence-electron chi connectivity index (χ4n) is 1.98. The predicted octanol–water partition coefficient (Wildman–Crippen LogP) is 2.15. The van der Waals surface area contributed by atoms with E-state index < -0.39 is 0 Å². The molecule has 0 saturated carbocycles. The number of esters is 1. The average Bonchev–Trinajstić information content (AvgIpc) is 2.48. The van der Waals surface area contributed by atoms with E-state index in [1.807, 2.05) is 42.4 Å². The minimum Gasteiger partial charge on any atom is -0.468 e. The second-order valence-electron chi connectivity index (χ2n) is 4.62. The Morgan fingerprint density at radius 3 is 2.95 bits per heavy atom. The Bertz CT molecular complexity index is 570. The molecule has 4 nitrogen and oxygen atoms in total. The maximum Gasteiger partial charge on any atom is 0.319 e. The number of aromatic nitrogens is 1. The van der Waals surface area contributed by atoms with Crippen LogP contribution in [0.4, 0.5) is 0 Å². The standard InChI is InChI=1S/C16H17N2O2/c1-18(12-16(19)20-2)11-13-5-3-6-14(9-13)15-7-4-8-17-10-15/h3,5-10H,11-12H2,1-2H3. The number of methoxy groups -OCH3 is 1. The highest BCUT2D eigenvalue weighted by Gasteiger charge is 2.07. The van der Waals surface area contributed by atoms with E-state index in [1.54, 1.807) is 6.20 Å². The number of carbonyl (C=O) groups excluding carboxylic acids is 1. The molecule has 0 spiro atoms. The lowest BCUT2D eigenvalue weighted by Crippen LogP contribution is -2.26. The summed E-state index contributed by atoms with van der Waals surface area (Å²) in [5.41, 5.74) is 3.26. The van der Waals surface area contributed by atoms with Crippen molar-refractivity contribution < 1.29 is 9.53 Å². The Kier molecular flexibility index (Phi) is 4.85. The molecule has 0 aliphatic rings. The second kappa shape index (κ2) is 6.82. The molecule has 0 unspecified atom stereocenters. The summed E-state index contributed by atoms with van der Waals surface area (Å²) in [4.78, 5) is 17.2. The van der Waals surface area contributed by atoms with Crippen molar-refractivity contribution >= 4 is 5.97 Å². The number of hydrogen-bond donors (Lipinski definition) is 0. The van der Waals surface area contributed by atoms with Gasteiger partial charge in [0, 0.05) is 30.6 Å². The second-order valence-corrected chi connectivity index (χ2v) is 4.62. The number of ether oxygens (including phenoxy) is 1. The molecule has 0 aliphatic carbocycles. The summed E-state index contributed by atoms with van der Waals surface area (Å²) in [7, 11) is 3.29. The van der Waals surface area contributed by atoms with Crippen molar-refractivity contribution in [2.24, 2.45) is 0 Å². The van der Waals surface area contributed by atoms with Crippen LogP contribution in [-0.2, 0) is 16.1 Å². The summed E-state index contributed by atoms with van der Waals surface area (Å²) in [5, 5.41) is 0. The molecule has 103 valence electrons. The van der Waals surface area contributed by atoms with Crippen LogP contribution >= 0.6 is 0 Å². The van der Waals surface area contributed by atoms with E-state index in [0.29, 0.717) is 6.54 Å². The van der Waals surface area contributed by atoms with E-state index >= 15 is 0 Å². The summed E-state index contributed by atoms with van der Waals surface area (Å²) in [6.07, 6.45) is 3.45. The fraction of sp³-hybridized carbons (Fsp3) is 0.250. The van der Waals surface area contributed by atoms with Crippen LogP contribution in [0.1, 0.15) is 5.56 Å². The van der Waals surface area contributed by atoms with Gasteiger partial charge in [0.25, 0.3) is 0 Å². The van der Waals surface area contributed by atoms with Crippen LogP contribution in [0.25, 0.3) is 11.1 Å². The maximum absolute atomic E-state index is 11.2. The number of rotatable bonds is 5.